The fourth-order valence-corrected chi connectivity index (χ4v) is 3.18. The highest BCUT2D eigenvalue weighted by molar-refractivity contribution is 5.95. The summed E-state index contributed by atoms with van der Waals surface area (Å²) in [5.74, 6) is 0.120. The summed E-state index contributed by atoms with van der Waals surface area (Å²) < 4.78 is 11.0. The SMILES string of the molecule is CCC1=C(C(=O)OC)C(c2ccccc2OCc2ccc(C)cc2)NC(=O)N1. The largest absolute Gasteiger partial charge is 0.489 e. The zero-order chi connectivity index (χ0) is 20.1. The molecule has 2 aromatic carbocycles. The average Bonchev–Trinajstić information content (AvgIpc) is 2.72. The summed E-state index contributed by atoms with van der Waals surface area (Å²) in [6.45, 7) is 4.29. The molecule has 1 atom stereocenters. The van der Waals surface area contributed by atoms with Crippen molar-refractivity contribution in [3.05, 3.63) is 76.5 Å². The van der Waals surface area contributed by atoms with Crippen LogP contribution >= 0.6 is 0 Å². The molecular weight excluding hydrogens is 356 g/mol. The van der Waals surface area contributed by atoms with Gasteiger partial charge in [0, 0.05) is 11.3 Å². The number of methoxy groups -OCH3 is 1. The van der Waals surface area contributed by atoms with Crippen molar-refractivity contribution >= 4 is 12.0 Å². The first-order valence-corrected chi connectivity index (χ1v) is 9.19. The zero-order valence-corrected chi connectivity index (χ0v) is 16.2. The molecule has 0 radical (unpaired) electrons. The van der Waals surface area contributed by atoms with Crippen LogP contribution in [0.4, 0.5) is 4.79 Å². The molecule has 28 heavy (non-hydrogen) atoms. The molecule has 2 N–H and O–H groups in total. The number of carbonyl (C=O) groups excluding carboxylic acids is 2. The minimum atomic E-state index is -0.648. The van der Waals surface area contributed by atoms with Gasteiger partial charge < -0.3 is 20.1 Å². The first-order valence-electron chi connectivity index (χ1n) is 9.19. The zero-order valence-electron chi connectivity index (χ0n) is 16.2. The van der Waals surface area contributed by atoms with E-state index in [0.717, 1.165) is 5.56 Å². The van der Waals surface area contributed by atoms with Gasteiger partial charge >= 0.3 is 12.0 Å². The summed E-state index contributed by atoms with van der Waals surface area (Å²) in [7, 11) is 1.33. The Morgan fingerprint density at radius 3 is 2.50 bits per heavy atom. The molecule has 6 heteroatoms. The number of allylic oxidation sites excluding steroid dienone is 1. The lowest BCUT2D eigenvalue weighted by molar-refractivity contribution is -0.136. The molecule has 0 fully saturated rings. The molecule has 2 amide bonds. The van der Waals surface area contributed by atoms with E-state index in [-0.39, 0.29) is 6.03 Å². The van der Waals surface area contributed by atoms with Gasteiger partial charge in [-0.2, -0.15) is 0 Å². The van der Waals surface area contributed by atoms with E-state index in [9.17, 15) is 9.59 Å². The molecule has 0 spiro atoms. The number of aryl methyl sites for hydroxylation is 1. The van der Waals surface area contributed by atoms with Crippen LogP contribution in [-0.2, 0) is 16.1 Å². The predicted octanol–water partition coefficient (Wildman–Crippen LogP) is 3.77. The summed E-state index contributed by atoms with van der Waals surface area (Å²) in [6.07, 6.45) is 0.501. The number of amides is 2. The fourth-order valence-electron chi connectivity index (χ4n) is 3.18. The Hall–Kier alpha value is -3.28. The van der Waals surface area contributed by atoms with Crippen LogP contribution < -0.4 is 15.4 Å². The van der Waals surface area contributed by atoms with Gasteiger partial charge in [-0.15, -0.1) is 0 Å². The second-order valence-electron chi connectivity index (χ2n) is 6.58. The lowest BCUT2D eigenvalue weighted by Crippen LogP contribution is -2.45. The molecule has 2 aromatic rings. The monoisotopic (exact) mass is 380 g/mol. The second-order valence-corrected chi connectivity index (χ2v) is 6.58. The van der Waals surface area contributed by atoms with Crippen LogP contribution in [0.1, 0.15) is 36.1 Å². The van der Waals surface area contributed by atoms with Crippen molar-refractivity contribution in [2.24, 2.45) is 0 Å². The lowest BCUT2D eigenvalue weighted by Gasteiger charge is -2.29. The van der Waals surface area contributed by atoms with Gasteiger partial charge in [0.2, 0.25) is 0 Å². The number of carbonyl (C=O) groups is 2. The number of para-hydroxylation sites is 1. The maximum atomic E-state index is 12.4. The van der Waals surface area contributed by atoms with Crippen molar-refractivity contribution in [3.63, 3.8) is 0 Å². The maximum Gasteiger partial charge on any atom is 0.337 e. The summed E-state index contributed by atoms with van der Waals surface area (Å²) in [5, 5.41) is 5.52. The van der Waals surface area contributed by atoms with E-state index in [1.807, 2.05) is 62.4 Å². The standard InChI is InChI=1S/C22H24N2O4/c1-4-17-19(21(25)27-3)20(24-22(26)23-17)16-7-5-6-8-18(16)28-13-15-11-9-14(2)10-12-15/h5-12,20H,4,13H2,1-3H3,(H2,23,24,26). The van der Waals surface area contributed by atoms with Crippen molar-refractivity contribution in [2.45, 2.75) is 32.9 Å². The van der Waals surface area contributed by atoms with Crippen molar-refractivity contribution in [1.82, 2.24) is 10.6 Å². The number of hydrogen-bond donors (Lipinski definition) is 2. The number of nitrogens with one attached hydrogen (secondary N) is 2. The normalized spacial score (nSPS) is 16.2. The second kappa shape index (κ2) is 8.61. The molecule has 1 heterocycles. The third-order valence-electron chi connectivity index (χ3n) is 4.66. The molecule has 1 unspecified atom stereocenters. The summed E-state index contributed by atoms with van der Waals surface area (Å²) >= 11 is 0. The van der Waals surface area contributed by atoms with Gasteiger partial charge in [-0.25, -0.2) is 9.59 Å². The minimum absolute atomic E-state index is 0.358. The molecule has 0 aliphatic carbocycles. The molecule has 0 saturated carbocycles. The van der Waals surface area contributed by atoms with Crippen molar-refractivity contribution < 1.29 is 19.1 Å². The molecule has 6 nitrogen and oxygen atoms in total. The van der Waals surface area contributed by atoms with Crippen LogP contribution in [0.5, 0.6) is 5.75 Å². The Balaban J connectivity index is 1.94. The highest BCUT2D eigenvalue weighted by Gasteiger charge is 2.34. The fraction of sp³-hybridized carbons (Fsp3) is 0.273. The van der Waals surface area contributed by atoms with E-state index < -0.39 is 12.0 Å². The van der Waals surface area contributed by atoms with Crippen molar-refractivity contribution in [2.75, 3.05) is 7.11 Å². The first-order chi connectivity index (χ1) is 13.5. The molecule has 1 aliphatic heterocycles. The van der Waals surface area contributed by atoms with Gasteiger partial charge in [0.25, 0.3) is 0 Å². The van der Waals surface area contributed by atoms with Crippen molar-refractivity contribution in [3.8, 4) is 5.75 Å². The highest BCUT2D eigenvalue weighted by atomic mass is 16.5. The number of esters is 1. The molecule has 0 bridgehead atoms. The van der Waals surface area contributed by atoms with E-state index in [4.69, 9.17) is 9.47 Å². The van der Waals surface area contributed by atoms with Crippen LogP contribution in [-0.4, -0.2) is 19.1 Å². The van der Waals surface area contributed by atoms with E-state index in [2.05, 4.69) is 10.6 Å². The maximum absolute atomic E-state index is 12.4. The number of urea groups is 1. The Labute approximate surface area is 164 Å². The van der Waals surface area contributed by atoms with Gasteiger partial charge in [-0.05, 0) is 25.0 Å². The summed E-state index contributed by atoms with van der Waals surface area (Å²) in [4.78, 5) is 24.6. The first kappa shape index (κ1) is 19.5. The predicted molar refractivity (Wildman–Crippen MR) is 106 cm³/mol. The summed E-state index contributed by atoms with van der Waals surface area (Å²) in [5.41, 5.74) is 3.86. The Morgan fingerprint density at radius 2 is 1.82 bits per heavy atom. The number of hydrogen-bond acceptors (Lipinski definition) is 4. The van der Waals surface area contributed by atoms with Gasteiger partial charge in [0.15, 0.2) is 0 Å². The van der Waals surface area contributed by atoms with Gasteiger partial charge in [0.05, 0.1) is 18.7 Å². The van der Waals surface area contributed by atoms with Crippen LogP contribution in [0.15, 0.2) is 59.8 Å². The van der Waals surface area contributed by atoms with Crippen LogP contribution in [0.2, 0.25) is 0 Å². The highest BCUT2D eigenvalue weighted by Crippen LogP contribution is 2.34. The van der Waals surface area contributed by atoms with Gasteiger partial charge in [-0.1, -0.05) is 55.0 Å². The van der Waals surface area contributed by atoms with Gasteiger partial charge in [-0.3, -0.25) is 0 Å². The lowest BCUT2D eigenvalue weighted by atomic mass is 9.93. The molecule has 3 rings (SSSR count). The molecule has 0 aromatic heterocycles. The van der Waals surface area contributed by atoms with E-state index in [0.29, 0.717) is 35.6 Å². The molecular formula is C22H24N2O4. The van der Waals surface area contributed by atoms with Crippen molar-refractivity contribution in [1.29, 1.82) is 0 Å². The Morgan fingerprint density at radius 1 is 1.11 bits per heavy atom. The molecule has 0 saturated heterocycles. The Kier molecular flexibility index (Phi) is 5.99. The Bertz CT molecular complexity index is 903. The average molecular weight is 380 g/mol. The van der Waals surface area contributed by atoms with E-state index >= 15 is 0 Å². The molecule has 146 valence electrons. The quantitative estimate of drug-likeness (QED) is 0.748. The van der Waals surface area contributed by atoms with Gasteiger partial charge in [0.1, 0.15) is 12.4 Å². The third-order valence-corrected chi connectivity index (χ3v) is 4.66. The molecule has 1 aliphatic rings. The summed E-state index contributed by atoms with van der Waals surface area (Å²) in [6, 6.07) is 14.5. The van der Waals surface area contributed by atoms with E-state index in [1.165, 1.54) is 12.7 Å². The third kappa shape index (κ3) is 4.17. The van der Waals surface area contributed by atoms with Crippen LogP contribution in [0, 0.1) is 6.92 Å². The smallest absolute Gasteiger partial charge is 0.337 e. The number of benzene rings is 2. The number of ether oxygens (including phenoxy) is 2. The number of rotatable bonds is 6. The topological polar surface area (TPSA) is 76.7 Å². The van der Waals surface area contributed by atoms with Crippen LogP contribution in [0.3, 0.4) is 0 Å². The minimum Gasteiger partial charge on any atom is -0.489 e. The van der Waals surface area contributed by atoms with Crippen LogP contribution in [0.25, 0.3) is 0 Å². The van der Waals surface area contributed by atoms with E-state index in [1.54, 1.807) is 0 Å².